The summed E-state index contributed by atoms with van der Waals surface area (Å²) in [5.74, 6) is 0. The summed E-state index contributed by atoms with van der Waals surface area (Å²) in [6.45, 7) is 0. The Morgan fingerprint density at radius 3 is 1.55 bits per heavy atom. The van der Waals surface area contributed by atoms with Gasteiger partial charge in [0.05, 0.1) is 0 Å². The van der Waals surface area contributed by atoms with E-state index >= 15 is 0 Å². The fraction of sp³-hybridized carbons (Fsp3) is 0. The van der Waals surface area contributed by atoms with Crippen LogP contribution in [-0.2, 0) is 0 Å². The van der Waals surface area contributed by atoms with Crippen LogP contribution < -0.4 is 0 Å². The molecule has 0 saturated heterocycles. The molecule has 218 valence electrons. The van der Waals surface area contributed by atoms with Crippen molar-refractivity contribution in [1.82, 2.24) is 0 Å². The summed E-state index contributed by atoms with van der Waals surface area (Å²) < 4.78 is 6.73. The smallest absolute Gasteiger partial charge is 0.143 e. The molecule has 0 bridgehead atoms. The van der Waals surface area contributed by atoms with Gasteiger partial charge < -0.3 is 4.42 Å². The molecule has 0 unspecified atom stereocenters. The zero-order valence-corrected chi connectivity index (χ0v) is 25.6. The lowest BCUT2D eigenvalue weighted by Gasteiger charge is -2.19. The van der Waals surface area contributed by atoms with Crippen molar-refractivity contribution in [2.75, 3.05) is 0 Å². The van der Waals surface area contributed by atoms with Crippen molar-refractivity contribution in [3.8, 4) is 33.4 Å². The van der Waals surface area contributed by atoms with Crippen molar-refractivity contribution >= 4 is 65.0 Å². The molecule has 9 aromatic carbocycles. The van der Waals surface area contributed by atoms with E-state index in [-0.39, 0.29) is 0 Å². The highest BCUT2D eigenvalue weighted by atomic mass is 16.3. The van der Waals surface area contributed by atoms with E-state index in [2.05, 4.69) is 170 Å². The Labute approximate surface area is 271 Å². The fourth-order valence-electron chi connectivity index (χ4n) is 7.71. The summed E-state index contributed by atoms with van der Waals surface area (Å²) in [6.07, 6.45) is 0. The molecule has 1 heteroatoms. The van der Waals surface area contributed by atoms with Crippen molar-refractivity contribution in [3.63, 3.8) is 0 Å². The summed E-state index contributed by atoms with van der Waals surface area (Å²) in [7, 11) is 0. The van der Waals surface area contributed by atoms with E-state index in [0.717, 1.165) is 33.1 Å². The topological polar surface area (TPSA) is 13.1 Å². The molecule has 0 amide bonds. The summed E-state index contributed by atoms with van der Waals surface area (Å²) in [5, 5.41) is 12.2. The van der Waals surface area contributed by atoms with Crippen molar-refractivity contribution in [3.05, 3.63) is 170 Å². The molecule has 0 fully saturated rings. The van der Waals surface area contributed by atoms with Gasteiger partial charge in [0, 0.05) is 16.3 Å². The van der Waals surface area contributed by atoms with Gasteiger partial charge in [0.15, 0.2) is 0 Å². The molecule has 0 aliphatic carbocycles. The highest BCUT2D eigenvalue weighted by Gasteiger charge is 2.21. The van der Waals surface area contributed by atoms with Crippen LogP contribution in [0.3, 0.4) is 0 Å². The highest BCUT2D eigenvalue weighted by Crippen LogP contribution is 2.48. The Morgan fingerprint density at radius 2 is 0.851 bits per heavy atom. The first-order chi connectivity index (χ1) is 23.3. The van der Waals surface area contributed by atoms with Crippen molar-refractivity contribution in [2.45, 2.75) is 0 Å². The lowest BCUT2D eigenvalue weighted by atomic mass is 9.84. The maximum Gasteiger partial charge on any atom is 0.143 e. The molecule has 0 aliphatic heterocycles. The van der Waals surface area contributed by atoms with Gasteiger partial charge in [-0.3, -0.25) is 0 Å². The Hall–Kier alpha value is -6.18. The minimum Gasteiger partial charge on any atom is -0.455 e. The van der Waals surface area contributed by atoms with E-state index in [1.807, 2.05) is 0 Å². The van der Waals surface area contributed by atoms with Gasteiger partial charge in [-0.25, -0.2) is 0 Å². The number of rotatable bonds is 3. The molecule has 0 saturated carbocycles. The number of furan rings is 1. The first kappa shape index (κ1) is 26.1. The summed E-state index contributed by atoms with van der Waals surface area (Å²) in [5.41, 5.74) is 9.05. The molecular weight excluding hydrogens is 569 g/mol. The lowest BCUT2D eigenvalue weighted by molar-refractivity contribution is 0.670. The Bertz CT molecular complexity index is 2780. The van der Waals surface area contributed by atoms with Crippen LogP contribution in [0.5, 0.6) is 0 Å². The van der Waals surface area contributed by atoms with Gasteiger partial charge in [0.1, 0.15) is 11.2 Å². The molecule has 0 N–H and O–H groups in total. The second-order valence-corrected chi connectivity index (χ2v) is 12.4. The van der Waals surface area contributed by atoms with Gasteiger partial charge in [0.2, 0.25) is 0 Å². The molecule has 0 atom stereocenters. The van der Waals surface area contributed by atoms with E-state index in [1.165, 1.54) is 65.3 Å². The van der Waals surface area contributed by atoms with Gasteiger partial charge in [-0.15, -0.1) is 0 Å². The Kier molecular flexibility index (Phi) is 5.64. The zero-order chi connectivity index (χ0) is 30.9. The van der Waals surface area contributed by atoms with Gasteiger partial charge in [-0.1, -0.05) is 146 Å². The zero-order valence-electron chi connectivity index (χ0n) is 25.6. The van der Waals surface area contributed by atoms with E-state index in [0.29, 0.717) is 0 Å². The third kappa shape index (κ3) is 3.97. The molecule has 0 aliphatic rings. The molecule has 1 heterocycles. The molecule has 0 spiro atoms. The molecule has 0 radical (unpaired) electrons. The lowest BCUT2D eigenvalue weighted by Crippen LogP contribution is -1.92. The second kappa shape index (κ2) is 10.2. The largest absolute Gasteiger partial charge is 0.455 e. The van der Waals surface area contributed by atoms with Crippen molar-refractivity contribution in [2.24, 2.45) is 0 Å². The Balaban J connectivity index is 1.36. The monoisotopic (exact) mass is 596 g/mol. The summed E-state index contributed by atoms with van der Waals surface area (Å²) >= 11 is 0. The average molecular weight is 597 g/mol. The van der Waals surface area contributed by atoms with E-state index in [9.17, 15) is 0 Å². The number of benzene rings is 9. The molecule has 47 heavy (non-hydrogen) atoms. The highest BCUT2D eigenvalue weighted by molar-refractivity contribution is 6.25. The van der Waals surface area contributed by atoms with E-state index in [4.69, 9.17) is 4.42 Å². The first-order valence-corrected chi connectivity index (χ1v) is 16.2. The van der Waals surface area contributed by atoms with Crippen LogP contribution >= 0.6 is 0 Å². The summed E-state index contributed by atoms with van der Waals surface area (Å²) in [4.78, 5) is 0. The maximum atomic E-state index is 6.73. The SMILES string of the molecule is c1ccc(-c2cc(-c3c4ccccc4c(-c4cccc5ccccc45)c4ccccc34)cc3c2oc2cc4ccccc4cc23)cc1. The predicted molar refractivity (Wildman–Crippen MR) is 200 cm³/mol. The van der Waals surface area contributed by atoms with Crippen LogP contribution in [0.25, 0.3) is 98.4 Å². The van der Waals surface area contributed by atoms with Crippen LogP contribution in [-0.4, -0.2) is 0 Å². The third-order valence-corrected chi connectivity index (χ3v) is 9.80. The maximum absolute atomic E-state index is 6.73. The van der Waals surface area contributed by atoms with Crippen LogP contribution in [0, 0.1) is 0 Å². The second-order valence-electron chi connectivity index (χ2n) is 12.4. The normalized spacial score (nSPS) is 11.8. The minimum absolute atomic E-state index is 0.911. The van der Waals surface area contributed by atoms with Crippen LogP contribution in [0.15, 0.2) is 174 Å². The molecule has 1 nitrogen and oxygen atoms in total. The number of fused-ring (bicyclic) bond motifs is 7. The van der Waals surface area contributed by atoms with Crippen molar-refractivity contribution < 1.29 is 4.42 Å². The fourth-order valence-corrected chi connectivity index (χ4v) is 7.71. The molecule has 10 rings (SSSR count). The number of hydrogen-bond donors (Lipinski definition) is 0. The molecule has 1 aromatic heterocycles. The van der Waals surface area contributed by atoms with E-state index in [1.54, 1.807) is 0 Å². The van der Waals surface area contributed by atoms with Gasteiger partial charge in [-0.05, 0) is 95.2 Å². The quantitative estimate of drug-likeness (QED) is 0.185. The van der Waals surface area contributed by atoms with Gasteiger partial charge in [-0.2, -0.15) is 0 Å². The van der Waals surface area contributed by atoms with Crippen molar-refractivity contribution in [1.29, 1.82) is 0 Å². The van der Waals surface area contributed by atoms with Gasteiger partial charge in [0.25, 0.3) is 0 Å². The summed E-state index contributed by atoms with van der Waals surface area (Å²) in [6, 6.07) is 61.6. The third-order valence-electron chi connectivity index (χ3n) is 9.80. The van der Waals surface area contributed by atoms with Crippen LogP contribution in [0.4, 0.5) is 0 Å². The number of hydrogen-bond acceptors (Lipinski definition) is 1. The predicted octanol–water partition coefficient (Wildman–Crippen LogP) is 13.2. The average Bonchev–Trinajstić information content (AvgIpc) is 3.49. The van der Waals surface area contributed by atoms with E-state index < -0.39 is 0 Å². The molecule has 10 aromatic rings. The minimum atomic E-state index is 0.911. The molecular formula is C46H28O. The van der Waals surface area contributed by atoms with Gasteiger partial charge >= 0.3 is 0 Å². The standard InChI is InChI=1S/C46H28O/c1-2-13-30(14-3-1)40-26-33(27-42-41-25-31-16-4-5-17-32(31)28-43(41)47-46(40)42)44-36-20-8-10-22-38(36)45(39-23-11-9-21-37(39)44)35-24-12-18-29-15-6-7-19-34(29)35/h1-28H. The van der Waals surface area contributed by atoms with Crippen LogP contribution in [0.2, 0.25) is 0 Å². The first-order valence-electron chi connectivity index (χ1n) is 16.2. The van der Waals surface area contributed by atoms with Crippen LogP contribution in [0.1, 0.15) is 0 Å². The Morgan fingerprint density at radius 1 is 0.298 bits per heavy atom.